The van der Waals surface area contributed by atoms with Gasteiger partial charge < -0.3 is 4.98 Å². The van der Waals surface area contributed by atoms with E-state index in [-0.39, 0.29) is 29.1 Å². The predicted molar refractivity (Wildman–Crippen MR) is 91.4 cm³/mol. The van der Waals surface area contributed by atoms with Gasteiger partial charge in [-0.2, -0.15) is 13.2 Å². The van der Waals surface area contributed by atoms with Crippen LogP contribution in [0.2, 0.25) is 0 Å². The Morgan fingerprint density at radius 3 is 2.31 bits per heavy atom. The molecule has 1 aliphatic rings. The van der Waals surface area contributed by atoms with Crippen molar-refractivity contribution >= 4 is 16.7 Å². The zero-order valence-electron chi connectivity index (χ0n) is 13.6. The second kappa shape index (κ2) is 5.83. The number of para-hydroxylation sites is 1. The molecule has 0 bridgehead atoms. The molecule has 0 saturated heterocycles. The van der Waals surface area contributed by atoms with Crippen LogP contribution >= 0.6 is 0 Å². The van der Waals surface area contributed by atoms with Crippen LogP contribution < -0.4 is 5.43 Å². The highest BCUT2D eigenvalue weighted by molar-refractivity contribution is 6.01. The number of carbonyl (C=O) groups excluding carboxylic acids is 1. The molecule has 3 aromatic rings. The summed E-state index contributed by atoms with van der Waals surface area (Å²) in [6, 6.07) is 11.8. The van der Waals surface area contributed by atoms with Crippen LogP contribution in [0.3, 0.4) is 0 Å². The van der Waals surface area contributed by atoms with E-state index < -0.39 is 11.7 Å². The lowest BCUT2D eigenvalue weighted by molar-refractivity contribution is -0.137. The minimum Gasteiger partial charge on any atom is -0.358 e. The Morgan fingerprint density at radius 1 is 0.923 bits per heavy atom. The van der Waals surface area contributed by atoms with Gasteiger partial charge in [-0.1, -0.05) is 24.3 Å². The summed E-state index contributed by atoms with van der Waals surface area (Å²) in [5.74, 6) is -0.530. The maximum atomic E-state index is 12.7. The smallest absolute Gasteiger partial charge is 0.358 e. The highest BCUT2D eigenvalue weighted by Gasteiger charge is 2.32. The van der Waals surface area contributed by atoms with Gasteiger partial charge in [0.2, 0.25) is 0 Å². The minimum atomic E-state index is -4.39. The number of ketones is 1. The van der Waals surface area contributed by atoms with E-state index in [0.717, 1.165) is 12.1 Å². The zero-order valence-corrected chi connectivity index (χ0v) is 13.6. The summed E-state index contributed by atoms with van der Waals surface area (Å²) >= 11 is 0. The van der Waals surface area contributed by atoms with E-state index in [2.05, 4.69) is 4.98 Å². The first-order chi connectivity index (χ1) is 12.3. The van der Waals surface area contributed by atoms with Crippen LogP contribution in [0, 0.1) is 0 Å². The molecule has 3 nitrogen and oxygen atoms in total. The van der Waals surface area contributed by atoms with Crippen molar-refractivity contribution in [2.75, 3.05) is 0 Å². The largest absolute Gasteiger partial charge is 0.416 e. The number of nitrogens with one attached hydrogen (secondary N) is 1. The number of fused-ring (bicyclic) bond motifs is 2. The number of pyridine rings is 1. The molecule has 1 unspecified atom stereocenters. The van der Waals surface area contributed by atoms with Crippen molar-refractivity contribution in [1.29, 1.82) is 0 Å². The molecular formula is C20H14F3NO2. The van der Waals surface area contributed by atoms with Gasteiger partial charge >= 0.3 is 6.18 Å². The van der Waals surface area contributed by atoms with Gasteiger partial charge in [0.25, 0.3) is 0 Å². The lowest BCUT2D eigenvalue weighted by Crippen LogP contribution is -2.27. The third-order valence-electron chi connectivity index (χ3n) is 4.86. The molecule has 1 aliphatic carbocycles. The minimum absolute atomic E-state index is 0.111. The summed E-state index contributed by atoms with van der Waals surface area (Å²) < 4.78 is 38.2. The Hall–Kier alpha value is -2.89. The highest BCUT2D eigenvalue weighted by Crippen LogP contribution is 2.34. The third-order valence-corrected chi connectivity index (χ3v) is 4.86. The summed E-state index contributed by atoms with van der Waals surface area (Å²) in [4.78, 5) is 28.3. The lowest BCUT2D eigenvalue weighted by Gasteiger charge is -2.24. The second-order valence-electron chi connectivity index (χ2n) is 6.50. The predicted octanol–water partition coefficient (Wildman–Crippen LogP) is 4.46. The van der Waals surface area contributed by atoms with Crippen LogP contribution in [0.25, 0.3) is 10.9 Å². The molecular weight excluding hydrogens is 343 g/mol. The Bertz CT molecular complexity index is 1070. The molecule has 0 fully saturated rings. The third kappa shape index (κ3) is 2.71. The molecule has 1 aromatic heterocycles. The quantitative estimate of drug-likeness (QED) is 0.699. The van der Waals surface area contributed by atoms with E-state index in [0.29, 0.717) is 28.6 Å². The van der Waals surface area contributed by atoms with Crippen molar-refractivity contribution < 1.29 is 18.0 Å². The van der Waals surface area contributed by atoms with Crippen molar-refractivity contribution in [3.8, 4) is 0 Å². The van der Waals surface area contributed by atoms with Crippen molar-refractivity contribution in [3.63, 3.8) is 0 Å². The molecule has 26 heavy (non-hydrogen) atoms. The number of H-pyrrole nitrogens is 1. The van der Waals surface area contributed by atoms with E-state index in [1.54, 1.807) is 24.3 Å². The summed E-state index contributed by atoms with van der Waals surface area (Å²) in [6.07, 6.45) is -3.87. The molecule has 2 aromatic carbocycles. The summed E-state index contributed by atoms with van der Waals surface area (Å²) in [6.45, 7) is 0. The normalized spacial score (nSPS) is 17.3. The second-order valence-corrected chi connectivity index (χ2v) is 6.50. The zero-order chi connectivity index (χ0) is 18.5. The van der Waals surface area contributed by atoms with Gasteiger partial charge in [0.1, 0.15) is 0 Å². The van der Waals surface area contributed by atoms with Crippen molar-refractivity contribution in [3.05, 3.63) is 81.1 Å². The van der Waals surface area contributed by atoms with Gasteiger partial charge in [0, 0.05) is 23.0 Å². The Balaban J connectivity index is 1.74. The molecule has 132 valence electrons. The van der Waals surface area contributed by atoms with Gasteiger partial charge in [-0.15, -0.1) is 0 Å². The van der Waals surface area contributed by atoms with E-state index in [4.69, 9.17) is 0 Å². The maximum Gasteiger partial charge on any atom is 0.416 e. The number of halogens is 3. The number of aromatic nitrogens is 1. The number of hydrogen-bond acceptors (Lipinski definition) is 2. The van der Waals surface area contributed by atoms with Crippen LogP contribution in [0.15, 0.2) is 53.3 Å². The van der Waals surface area contributed by atoms with Crippen LogP contribution in [-0.2, 0) is 12.6 Å². The van der Waals surface area contributed by atoms with Crippen molar-refractivity contribution in [1.82, 2.24) is 4.98 Å². The van der Waals surface area contributed by atoms with E-state index in [9.17, 15) is 22.8 Å². The molecule has 0 aliphatic heterocycles. The molecule has 1 heterocycles. The summed E-state index contributed by atoms with van der Waals surface area (Å²) in [5, 5.41) is 0.465. The monoisotopic (exact) mass is 357 g/mol. The first-order valence-electron chi connectivity index (χ1n) is 8.19. The molecule has 0 amide bonds. The molecule has 1 atom stereocenters. The topological polar surface area (TPSA) is 49.9 Å². The Labute approximate surface area is 146 Å². The average Bonchev–Trinajstić information content (AvgIpc) is 2.61. The van der Waals surface area contributed by atoms with Crippen LogP contribution in [-0.4, -0.2) is 10.8 Å². The van der Waals surface area contributed by atoms with Crippen LogP contribution in [0.1, 0.15) is 39.5 Å². The van der Waals surface area contributed by atoms with E-state index >= 15 is 0 Å². The van der Waals surface area contributed by atoms with Gasteiger partial charge in [-0.3, -0.25) is 9.59 Å². The first kappa shape index (κ1) is 16.6. The van der Waals surface area contributed by atoms with Crippen molar-refractivity contribution in [2.45, 2.75) is 24.9 Å². The van der Waals surface area contributed by atoms with Gasteiger partial charge in [-0.05, 0) is 42.2 Å². The van der Waals surface area contributed by atoms with E-state index in [1.165, 1.54) is 12.1 Å². The van der Waals surface area contributed by atoms with Crippen molar-refractivity contribution in [2.24, 2.45) is 0 Å². The van der Waals surface area contributed by atoms with Gasteiger partial charge in [-0.25, -0.2) is 0 Å². The number of aromatic amines is 1. The SMILES string of the molecule is O=C1CC(c2ccc(C(F)(F)F)cc2)Cc2[nH]c3ccccc3c(=O)c21. The number of hydrogen-bond donors (Lipinski definition) is 1. The number of carbonyl (C=O) groups is 1. The molecule has 1 N–H and O–H groups in total. The highest BCUT2D eigenvalue weighted by atomic mass is 19.4. The molecule has 0 spiro atoms. The van der Waals surface area contributed by atoms with Crippen LogP contribution in [0.5, 0.6) is 0 Å². The van der Waals surface area contributed by atoms with Crippen LogP contribution in [0.4, 0.5) is 13.2 Å². The average molecular weight is 357 g/mol. The Kier molecular flexibility index (Phi) is 3.72. The molecule has 0 radical (unpaired) electrons. The van der Waals surface area contributed by atoms with Gasteiger partial charge in [0.05, 0.1) is 11.1 Å². The number of benzene rings is 2. The lowest BCUT2D eigenvalue weighted by atomic mass is 9.81. The van der Waals surface area contributed by atoms with E-state index in [1.807, 2.05) is 0 Å². The number of Topliss-reactive ketones (excluding diaryl/α,β-unsaturated/α-hetero) is 1. The summed E-state index contributed by atoms with van der Waals surface area (Å²) in [7, 11) is 0. The number of alkyl halides is 3. The molecule has 0 saturated carbocycles. The maximum absolute atomic E-state index is 12.7. The number of rotatable bonds is 1. The molecule has 6 heteroatoms. The standard InChI is InChI=1S/C20H14F3NO2/c21-20(22,23)13-7-5-11(6-8-13)12-9-16-18(17(25)10-12)19(26)14-3-1-2-4-15(14)24-16/h1-8,12H,9-10H2,(H,24,26). The fourth-order valence-electron chi connectivity index (χ4n) is 3.56. The fourth-order valence-corrected chi connectivity index (χ4v) is 3.56. The Morgan fingerprint density at radius 2 is 1.62 bits per heavy atom. The van der Waals surface area contributed by atoms with Gasteiger partial charge in [0.15, 0.2) is 11.2 Å². The summed E-state index contributed by atoms with van der Waals surface area (Å²) in [5.41, 5.74) is 1.03. The fraction of sp³-hybridized carbons (Fsp3) is 0.200. The first-order valence-corrected chi connectivity index (χ1v) is 8.19. The molecule has 4 rings (SSSR count).